The molecule has 0 aliphatic rings. The van der Waals surface area contributed by atoms with Crippen molar-refractivity contribution in [1.82, 2.24) is 15.1 Å². The summed E-state index contributed by atoms with van der Waals surface area (Å²) in [5.74, 6) is -1.31. The Kier molecular flexibility index (Phi) is 4.81. The highest BCUT2D eigenvalue weighted by Gasteiger charge is 2.18. The maximum Gasteiger partial charge on any atom is 0.131 e. The van der Waals surface area contributed by atoms with Crippen LogP contribution in [0.2, 0.25) is 0 Å². The van der Waals surface area contributed by atoms with Crippen molar-refractivity contribution >= 4 is 0 Å². The van der Waals surface area contributed by atoms with Gasteiger partial charge in [0.2, 0.25) is 0 Å². The third-order valence-corrected chi connectivity index (χ3v) is 3.09. The SMILES string of the molecule is Cn1cc(CCN[C@H](CO)c2c(F)cccc2F)cn1. The van der Waals surface area contributed by atoms with Gasteiger partial charge in [0.1, 0.15) is 11.6 Å². The molecule has 1 heterocycles. The fourth-order valence-electron chi connectivity index (χ4n) is 2.09. The van der Waals surface area contributed by atoms with Crippen molar-refractivity contribution in [2.75, 3.05) is 13.2 Å². The molecule has 4 nitrogen and oxygen atoms in total. The average Bonchev–Trinajstić information content (AvgIpc) is 2.82. The van der Waals surface area contributed by atoms with E-state index in [9.17, 15) is 13.9 Å². The topological polar surface area (TPSA) is 50.1 Å². The molecule has 0 radical (unpaired) electrons. The molecule has 108 valence electrons. The maximum atomic E-state index is 13.6. The van der Waals surface area contributed by atoms with Crippen LogP contribution < -0.4 is 5.32 Å². The fourth-order valence-corrected chi connectivity index (χ4v) is 2.09. The number of aromatic nitrogens is 2. The van der Waals surface area contributed by atoms with Crippen molar-refractivity contribution in [3.63, 3.8) is 0 Å². The van der Waals surface area contributed by atoms with Gasteiger partial charge in [-0.05, 0) is 30.7 Å². The van der Waals surface area contributed by atoms with Gasteiger partial charge < -0.3 is 10.4 Å². The van der Waals surface area contributed by atoms with E-state index in [2.05, 4.69) is 10.4 Å². The van der Waals surface area contributed by atoms with E-state index in [1.165, 1.54) is 18.2 Å². The van der Waals surface area contributed by atoms with Crippen LogP contribution in [0.25, 0.3) is 0 Å². The summed E-state index contributed by atoms with van der Waals surface area (Å²) in [6, 6.07) is 2.92. The second-order valence-corrected chi connectivity index (χ2v) is 4.60. The lowest BCUT2D eigenvalue weighted by Crippen LogP contribution is -2.28. The predicted octanol–water partition coefficient (Wildman–Crippen LogP) is 1.56. The Morgan fingerprint density at radius 1 is 1.35 bits per heavy atom. The Labute approximate surface area is 116 Å². The Hall–Kier alpha value is -1.79. The number of nitrogens with zero attached hydrogens (tertiary/aromatic N) is 2. The van der Waals surface area contributed by atoms with Crippen molar-refractivity contribution in [3.05, 3.63) is 53.4 Å². The molecule has 0 aliphatic heterocycles. The van der Waals surface area contributed by atoms with Crippen molar-refractivity contribution < 1.29 is 13.9 Å². The van der Waals surface area contributed by atoms with E-state index in [1.807, 2.05) is 13.2 Å². The molecular weight excluding hydrogens is 264 g/mol. The number of aliphatic hydroxyl groups is 1. The van der Waals surface area contributed by atoms with Crippen molar-refractivity contribution in [2.45, 2.75) is 12.5 Å². The van der Waals surface area contributed by atoms with Gasteiger partial charge in [0.15, 0.2) is 0 Å². The molecule has 0 amide bonds. The maximum absolute atomic E-state index is 13.6. The number of halogens is 2. The zero-order valence-corrected chi connectivity index (χ0v) is 11.2. The highest BCUT2D eigenvalue weighted by molar-refractivity contribution is 5.23. The molecule has 0 fully saturated rings. The van der Waals surface area contributed by atoms with Gasteiger partial charge in [0.05, 0.1) is 18.8 Å². The van der Waals surface area contributed by atoms with Gasteiger partial charge >= 0.3 is 0 Å². The normalized spacial score (nSPS) is 12.6. The Bertz CT molecular complexity index is 551. The van der Waals surface area contributed by atoms with E-state index >= 15 is 0 Å². The molecule has 2 aromatic rings. The fraction of sp³-hybridized carbons (Fsp3) is 0.357. The molecule has 6 heteroatoms. The molecule has 1 aromatic heterocycles. The first-order valence-corrected chi connectivity index (χ1v) is 6.37. The van der Waals surface area contributed by atoms with E-state index in [1.54, 1.807) is 10.9 Å². The molecule has 0 spiro atoms. The van der Waals surface area contributed by atoms with E-state index in [4.69, 9.17) is 0 Å². The zero-order valence-electron chi connectivity index (χ0n) is 11.2. The largest absolute Gasteiger partial charge is 0.394 e. The number of aryl methyl sites for hydroxylation is 1. The first-order valence-electron chi connectivity index (χ1n) is 6.37. The van der Waals surface area contributed by atoms with E-state index in [-0.39, 0.29) is 12.2 Å². The lowest BCUT2D eigenvalue weighted by atomic mass is 10.1. The lowest BCUT2D eigenvalue weighted by Gasteiger charge is -2.17. The van der Waals surface area contributed by atoms with Crippen LogP contribution in [0.1, 0.15) is 17.2 Å². The number of hydrogen-bond acceptors (Lipinski definition) is 3. The Balaban J connectivity index is 1.99. The highest BCUT2D eigenvalue weighted by Crippen LogP contribution is 2.20. The molecule has 1 aromatic carbocycles. The van der Waals surface area contributed by atoms with Crippen LogP contribution >= 0.6 is 0 Å². The van der Waals surface area contributed by atoms with Crippen LogP contribution in [0.4, 0.5) is 8.78 Å². The molecule has 0 bridgehead atoms. The minimum atomic E-state index is -0.757. The summed E-state index contributed by atoms with van der Waals surface area (Å²) < 4.78 is 29.0. The summed E-state index contributed by atoms with van der Waals surface area (Å²) in [5, 5.41) is 16.3. The minimum absolute atomic E-state index is 0.124. The van der Waals surface area contributed by atoms with Crippen LogP contribution in [0.15, 0.2) is 30.6 Å². The minimum Gasteiger partial charge on any atom is -0.394 e. The van der Waals surface area contributed by atoms with E-state index in [0.717, 1.165) is 5.56 Å². The summed E-state index contributed by atoms with van der Waals surface area (Å²) in [6.45, 7) is 0.121. The number of benzene rings is 1. The summed E-state index contributed by atoms with van der Waals surface area (Å²) in [7, 11) is 1.82. The summed E-state index contributed by atoms with van der Waals surface area (Å²) in [6.07, 6.45) is 4.28. The molecule has 1 atom stereocenters. The molecule has 2 rings (SSSR count). The monoisotopic (exact) mass is 281 g/mol. The quantitative estimate of drug-likeness (QED) is 0.845. The molecular formula is C14H17F2N3O. The highest BCUT2D eigenvalue weighted by atomic mass is 19.1. The smallest absolute Gasteiger partial charge is 0.131 e. The number of rotatable bonds is 6. The third-order valence-electron chi connectivity index (χ3n) is 3.09. The number of nitrogens with one attached hydrogen (secondary N) is 1. The van der Waals surface area contributed by atoms with Gasteiger partial charge in [0, 0.05) is 18.8 Å². The zero-order chi connectivity index (χ0) is 14.5. The van der Waals surface area contributed by atoms with E-state index < -0.39 is 17.7 Å². The summed E-state index contributed by atoms with van der Waals surface area (Å²) >= 11 is 0. The molecule has 2 N–H and O–H groups in total. The van der Waals surface area contributed by atoms with Crippen LogP contribution in [0.3, 0.4) is 0 Å². The second kappa shape index (κ2) is 6.58. The van der Waals surface area contributed by atoms with Crippen LogP contribution in [0.5, 0.6) is 0 Å². The lowest BCUT2D eigenvalue weighted by molar-refractivity contribution is 0.238. The van der Waals surface area contributed by atoms with E-state index in [0.29, 0.717) is 13.0 Å². The van der Waals surface area contributed by atoms with Gasteiger partial charge in [-0.25, -0.2) is 8.78 Å². The van der Waals surface area contributed by atoms with Crippen molar-refractivity contribution in [2.24, 2.45) is 7.05 Å². The predicted molar refractivity (Wildman–Crippen MR) is 71.1 cm³/mol. The summed E-state index contributed by atoms with van der Waals surface area (Å²) in [5.41, 5.74) is 0.895. The molecule has 20 heavy (non-hydrogen) atoms. The first kappa shape index (κ1) is 14.6. The molecule has 0 saturated heterocycles. The first-order chi connectivity index (χ1) is 9.61. The average molecular weight is 281 g/mol. The second-order valence-electron chi connectivity index (χ2n) is 4.60. The standard InChI is InChI=1S/C14H17F2N3O/c1-19-8-10(7-18-19)5-6-17-13(9-20)14-11(15)3-2-4-12(14)16/h2-4,7-8,13,17,20H,5-6,9H2,1H3/t13-/m1/s1. The molecule has 0 unspecified atom stereocenters. The van der Waals surface area contributed by atoms with Gasteiger partial charge in [-0.2, -0.15) is 5.10 Å². The third kappa shape index (κ3) is 3.40. The molecule has 0 aliphatic carbocycles. The Morgan fingerprint density at radius 3 is 2.60 bits per heavy atom. The number of hydrogen-bond donors (Lipinski definition) is 2. The molecule has 0 saturated carbocycles. The van der Waals surface area contributed by atoms with Crippen LogP contribution in [0, 0.1) is 11.6 Å². The van der Waals surface area contributed by atoms with Gasteiger partial charge in [-0.1, -0.05) is 6.07 Å². The van der Waals surface area contributed by atoms with Crippen molar-refractivity contribution in [3.8, 4) is 0 Å². The van der Waals surface area contributed by atoms with Gasteiger partial charge in [-0.3, -0.25) is 4.68 Å². The van der Waals surface area contributed by atoms with Crippen LogP contribution in [-0.4, -0.2) is 28.0 Å². The Morgan fingerprint density at radius 2 is 2.05 bits per heavy atom. The van der Waals surface area contributed by atoms with Crippen LogP contribution in [-0.2, 0) is 13.5 Å². The van der Waals surface area contributed by atoms with Gasteiger partial charge in [-0.15, -0.1) is 0 Å². The van der Waals surface area contributed by atoms with Gasteiger partial charge in [0.25, 0.3) is 0 Å². The summed E-state index contributed by atoms with van der Waals surface area (Å²) in [4.78, 5) is 0. The number of aliphatic hydroxyl groups excluding tert-OH is 1. The van der Waals surface area contributed by atoms with Crippen molar-refractivity contribution in [1.29, 1.82) is 0 Å².